The van der Waals surface area contributed by atoms with Crippen LogP contribution in [0.2, 0.25) is 0 Å². The van der Waals surface area contributed by atoms with Crippen LogP contribution in [0.25, 0.3) is 0 Å². The topological polar surface area (TPSA) is 166 Å². The van der Waals surface area contributed by atoms with Crippen molar-refractivity contribution in [2.75, 3.05) is 13.2 Å². The number of hydrogen-bond donors (Lipinski definition) is 6. The lowest BCUT2D eigenvalue weighted by Gasteiger charge is -2.59. The summed E-state index contributed by atoms with van der Waals surface area (Å²) in [6, 6.07) is 4.76. The molecule has 266 valence electrons. The summed E-state index contributed by atoms with van der Waals surface area (Å²) in [6.07, 6.45) is 7.66. The van der Waals surface area contributed by atoms with E-state index in [9.17, 15) is 30.0 Å². The second-order valence-electron chi connectivity index (χ2n) is 15.9. The number of ether oxygens (including phenoxy) is 2. The van der Waals surface area contributed by atoms with Crippen molar-refractivity contribution in [1.82, 2.24) is 5.32 Å². The van der Waals surface area contributed by atoms with Crippen molar-refractivity contribution in [1.29, 1.82) is 0 Å². The van der Waals surface area contributed by atoms with Gasteiger partial charge in [0.1, 0.15) is 12.4 Å². The third-order valence-electron chi connectivity index (χ3n) is 11.9. The van der Waals surface area contributed by atoms with Gasteiger partial charge in [-0.25, -0.2) is 0 Å². The molecule has 1 saturated heterocycles. The van der Waals surface area contributed by atoms with Gasteiger partial charge < -0.3 is 40.3 Å². The van der Waals surface area contributed by atoms with Crippen LogP contribution >= 0.6 is 0 Å². The minimum absolute atomic E-state index is 0.0125. The quantitative estimate of drug-likeness (QED) is 0.238. The van der Waals surface area contributed by atoms with E-state index in [-0.39, 0.29) is 52.6 Å². The molecule has 0 radical (unpaired) electrons. The summed E-state index contributed by atoms with van der Waals surface area (Å²) in [5, 5.41) is 53.0. The Labute approximate surface area is 284 Å². The van der Waals surface area contributed by atoms with Crippen molar-refractivity contribution in [2.24, 2.45) is 28.6 Å². The summed E-state index contributed by atoms with van der Waals surface area (Å²) in [7, 11) is 0. The number of phenols is 1. The first kappa shape index (κ1) is 36.8. The summed E-state index contributed by atoms with van der Waals surface area (Å²) in [5.41, 5.74) is 0.00715. The zero-order valence-corrected chi connectivity index (χ0v) is 29.2. The second-order valence-corrected chi connectivity index (χ2v) is 15.9. The molecule has 10 heteroatoms. The van der Waals surface area contributed by atoms with E-state index in [1.165, 1.54) is 6.07 Å². The normalized spacial score (nSPS) is 37.4. The molecule has 5 aliphatic rings. The van der Waals surface area contributed by atoms with Crippen molar-refractivity contribution >= 4 is 11.6 Å². The van der Waals surface area contributed by atoms with E-state index in [1.807, 2.05) is 26.8 Å². The molecule has 4 fully saturated rings. The van der Waals surface area contributed by atoms with Crippen LogP contribution in [0.1, 0.15) is 97.3 Å². The zero-order valence-electron chi connectivity index (χ0n) is 29.2. The largest absolute Gasteiger partial charge is 0.508 e. The van der Waals surface area contributed by atoms with Gasteiger partial charge in [0.05, 0.1) is 24.9 Å². The predicted octanol–water partition coefficient (Wildman–Crippen LogP) is 4.02. The standard InChI is InChI=1S/C25H34O6.C13H21NO3/c1-4-5-21-30-20-11-17-16-7-6-14-10-15(27)8-9-23(14,2)22(16)18(28)12-24(17,3)25(20,31-21)19(29)13-26;1-13(2,3)14-7-12(17)9-4-5-11(16)10(6-9)8-15/h8-10,16-18,20-22,26,28H,4-7,11-13H2,1-3H3;4-6,12,14-17H,7-8H2,1-3H3/t16-,17-,18-,20+,21+,22+,23-,24-,25+;/m0./s1. The number of β-amino-alcohol motifs (C(OH)–C–C–N with tert-alkyl or cyclic N) is 1. The third kappa shape index (κ3) is 6.34. The third-order valence-corrected chi connectivity index (χ3v) is 11.9. The SMILES string of the molecule is CC(C)(C)NCC(O)c1ccc(O)c(CO)c1.CCC[C@@H]1O[C@@H]2C[C@H]3[C@@H]4CCC5=CC(=O)C=C[C@]5(C)[C@H]4[C@@H](O)C[C@]3(C)[C@]2(C(=O)CO)O1. The highest BCUT2D eigenvalue weighted by molar-refractivity contribution is 6.01. The van der Waals surface area contributed by atoms with Gasteiger partial charge in [-0.2, -0.15) is 0 Å². The van der Waals surface area contributed by atoms with Gasteiger partial charge >= 0.3 is 0 Å². The number of allylic oxidation sites excluding steroid dienone is 4. The number of carbonyl (C=O) groups excluding carboxylic acids is 2. The minimum Gasteiger partial charge on any atom is -0.508 e. The highest BCUT2D eigenvalue weighted by Gasteiger charge is 2.75. The Balaban J connectivity index is 0.000000226. The van der Waals surface area contributed by atoms with Gasteiger partial charge in [-0.1, -0.05) is 44.9 Å². The molecule has 0 spiro atoms. The summed E-state index contributed by atoms with van der Waals surface area (Å²) in [6.45, 7) is 11.9. The van der Waals surface area contributed by atoms with E-state index in [4.69, 9.17) is 14.6 Å². The lowest BCUT2D eigenvalue weighted by Crippen LogP contribution is -2.63. The second kappa shape index (κ2) is 13.7. The van der Waals surface area contributed by atoms with Crippen LogP contribution < -0.4 is 5.32 Å². The Morgan fingerprint density at radius 2 is 1.92 bits per heavy atom. The van der Waals surface area contributed by atoms with Crippen LogP contribution in [0.5, 0.6) is 5.75 Å². The highest BCUT2D eigenvalue weighted by Crippen LogP contribution is 2.69. The molecule has 1 aromatic carbocycles. The maximum Gasteiger partial charge on any atom is 0.193 e. The van der Waals surface area contributed by atoms with Gasteiger partial charge in [-0.15, -0.1) is 0 Å². The monoisotopic (exact) mass is 669 g/mol. The van der Waals surface area contributed by atoms with Crippen LogP contribution in [0.3, 0.4) is 0 Å². The number of aliphatic hydroxyl groups is 4. The van der Waals surface area contributed by atoms with E-state index in [2.05, 4.69) is 26.1 Å². The highest BCUT2D eigenvalue weighted by atomic mass is 16.7. The Kier molecular flexibility index (Phi) is 10.5. The molecule has 48 heavy (non-hydrogen) atoms. The van der Waals surface area contributed by atoms with Crippen molar-refractivity contribution in [3.05, 3.63) is 53.1 Å². The maximum absolute atomic E-state index is 13.2. The number of hydrogen-bond acceptors (Lipinski definition) is 10. The molecule has 6 N–H and O–H groups in total. The van der Waals surface area contributed by atoms with Crippen molar-refractivity contribution < 1.29 is 44.6 Å². The maximum atomic E-state index is 13.2. The van der Waals surface area contributed by atoms with Crippen LogP contribution in [-0.4, -0.2) is 79.9 Å². The molecule has 3 saturated carbocycles. The van der Waals surface area contributed by atoms with Crippen molar-refractivity contribution in [3.8, 4) is 5.75 Å². The molecule has 0 bridgehead atoms. The number of aliphatic hydroxyl groups excluding tert-OH is 4. The molecular weight excluding hydrogens is 614 g/mol. The molecule has 1 aliphatic heterocycles. The smallest absolute Gasteiger partial charge is 0.193 e. The number of nitrogens with one attached hydrogen (secondary N) is 1. The minimum atomic E-state index is -1.20. The summed E-state index contributed by atoms with van der Waals surface area (Å²) in [5.74, 6) is 0.0758. The molecule has 1 unspecified atom stereocenters. The molecule has 1 heterocycles. The number of fused-ring (bicyclic) bond motifs is 7. The van der Waals surface area contributed by atoms with E-state index < -0.39 is 42.2 Å². The van der Waals surface area contributed by atoms with E-state index in [0.29, 0.717) is 36.9 Å². The van der Waals surface area contributed by atoms with Crippen LogP contribution in [-0.2, 0) is 25.7 Å². The molecule has 1 aromatic rings. The lowest BCUT2D eigenvalue weighted by molar-refractivity contribution is -0.200. The summed E-state index contributed by atoms with van der Waals surface area (Å²) >= 11 is 0. The van der Waals surface area contributed by atoms with Crippen LogP contribution in [0.15, 0.2) is 42.0 Å². The number of Topliss-reactive ketones (excluding diaryl/α,β-unsaturated/α-hetero) is 1. The van der Waals surface area contributed by atoms with Gasteiger partial charge in [0.2, 0.25) is 0 Å². The van der Waals surface area contributed by atoms with Gasteiger partial charge in [-0.05, 0) is 94.6 Å². The van der Waals surface area contributed by atoms with Crippen molar-refractivity contribution in [2.45, 2.75) is 122 Å². The van der Waals surface area contributed by atoms with Crippen LogP contribution in [0.4, 0.5) is 0 Å². The Morgan fingerprint density at radius 1 is 1.19 bits per heavy atom. The van der Waals surface area contributed by atoms with Crippen LogP contribution in [0, 0.1) is 28.6 Å². The lowest BCUT2D eigenvalue weighted by atomic mass is 9.46. The molecule has 0 amide bonds. The van der Waals surface area contributed by atoms with E-state index in [0.717, 1.165) is 24.8 Å². The Morgan fingerprint density at radius 3 is 2.56 bits per heavy atom. The van der Waals surface area contributed by atoms with E-state index in [1.54, 1.807) is 24.3 Å². The molecule has 10 nitrogen and oxygen atoms in total. The zero-order chi connectivity index (χ0) is 35.2. The van der Waals surface area contributed by atoms with Gasteiger partial charge in [0.25, 0.3) is 0 Å². The first-order valence-corrected chi connectivity index (χ1v) is 17.5. The number of benzene rings is 1. The first-order valence-electron chi connectivity index (χ1n) is 17.5. The summed E-state index contributed by atoms with van der Waals surface area (Å²) < 4.78 is 12.7. The predicted molar refractivity (Wildman–Crippen MR) is 180 cm³/mol. The molecule has 0 aromatic heterocycles. The van der Waals surface area contributed by atoms with Gasteiger partial charge in [0.15, 0.2) is 23.5 Å². The fraction of sp³-hybridized carbons (Fsp3) is 0.684. The molecule has 10 atom stereocenters. The summed E-state index contributed by atoms with van der Waals surface area (Å²) in [4.78, 5) is 25.2. The van der Waals surface area contributed by atoms with Gasteiger partial charge in [-0.3, -0.25) is 9.59 Å². The fourth-order valence-corrected chi connectivity index (χ4v) is 9.58. The molecule has 4 aliphatic carbocycles. The first-order chi connectivity index (χ1) is 22.5. The number of ketones is 2. The molecular formula is C38H55NO9. The average molecular weight is 670 g/mol. The number of aromatic hydroxyl groups is 1. The number of rotatable bonds is 8. The van der Waals surface area contributed by atoms with Gasteiger partial charge in [0, 0.05) is 34.4 Å². The van der Waals surface area contributed by atoms with E-state index >= 15 is 0 Å². The van der Waals surface area contributed by atoms with Crippen molar-refractivity contribution in [3.63, 3.8) is 0 Å². The Hall–Kier alpha value is -2.44. The molecule has 6 rings (SSSR count). The Bertz CT molecular complexity index is 1430. The average Bonchev–Trinajstić information content (AvgIpc) is 3.51. The fourth-order valence-electron chi connectivity index (χ4n) is 9.58. The number of carbonyl (C=O) groups is 2.